The molecule has 0 aromatic heterocycles. The van der Waals surface area contributed by atoms with Crippen molar-refractivity contribution in [3.8, 4) is 0 Å². The van der Waals surface area contributed by atoms with Gasteiger partial charge in [-0.25, -0.2) is 0 Å². The van der Waals surface area contributed by atoms with Crippen LogP contribution in [0.25, 0.3) is 0 Å². The summed E-state index contributed by atoms with van der Waals surface area (Å²) in [6.07, 6.45) is 8.90. The molecule has 0 bridgehead atoms. The average Bonchev–Trinajstić information content (AvgIpc) is 2.50. The van der Waals surface area contributed by atoms with Crippen molar-refractivity contribution in [2.24, 2.45) is 0 Å². The van der Waals surface area contributed by atoms with Gasteiger partial charge in [0, 0.05) is 5.92 Å². The fourth-order valence-corrected chi connectivity index (χ4v) is 3.42. The van der Waals surface area contributed by atoms with Crippen molar-refractivity contribution in [1.29, 1.82) is 0 Å². The largest absolute Gasteiger partial charge is 0.304 e. The van der Waals surface area contributed by atoms with Gasteiger partial charge in [-0.05, 0) is 18.6 Å². The number of fused-ring (bicyclic) bond motifs is 3. The van der Waals surface area contributed by atoms with Gasteiger partial charge >= 0.3 is 0 Å². The van der Waals surface area contributed by atoms with Crippen molar-refractivity contribution in [3.63, 3.8) is 0 Å². The molecule has 0 saturated carbocycles. The van der Waals surface area contributed by atoms with Gasteiger partial charge in [-0.1, -0.05) is 42.5 Å². The molecule has 1 aromatic rings. The Hall–Kier alpha value is -0.770. The number of rotatable bonds is 0. The summed E-state index contributed by atoms with van der Waals surface area (Å²) in [7, 11) is 0. The lowest BCUT2D eigenvalue weighted by atomic mass is 9.81. The molecular weight excluding hydrogens is 297 g/mol. The second-order valence-corrected chi connectivity index (χ2v) is 5.25. The minimum absolute atomic E-state index is 0.110. The summed E-state index contributed by atoms with van der Waals surface area (Å²) in [5.41, 5.74) is 2.90. The van der Waals surface area contributed by atoms with Crippen LogP contribution in [-0.2, 0) is 0 Å². The van der Waals surface area contributed by atoms with Crippen LogP contribution in [0.4, 0.5) is 5.69 Å². The van der Waals surface area contributed by atoms with E-state index in [1.165, 1.54) is 11.3 Å². The Labute approximate surface area is 104 Å². The summed E-state index contributed by atoms with van der Waals surface area (Å²) < 4.78 is 2.35. The molecule has 1 aliphatic carbocycles. The highest BCUT2D eigenvalue weighted by molar-refractivity contribution is 14.1. The molecule has 2 aliphatic rings. The first-order valence-corrected chi connectivity index (χ1v) is 6.11. The second-order valence-electron chi connectivity index (χ2n) is 4.29. The van der Waals surface area contributed by atoms with E-state index in [1.807, 2.05) is 0 Å². The van der Waals surface area contributed by atoms with Crippen LogP contribution in [0.15, 0.2) is 48.6 Å². The normalized spacial score (nSPS) is 31.6. The molecule has 76 valence electrons. The molecule has 0 spiro atoms. The number of halogens is 1. The van der Waals surface area contributed by atoms with Crippen LogP contribution in [0.2, 0.25) is 0 Å². The molecule has 0 fully saturated rings. The summed E-state index contributed by atoms with van der Waals surface area (Å²) in [6, 6.07) is 8.67. The molecule has 1 aromatic carbocycles. The van der Waals surface area contributed by atoms with Crippen LogP contribution in [0.5, 0.6) is 0 Å². The fourth-order valence-electron chi connectivity index (χ4n) is 2.52. The Morgan fingerprint density at radius 1 is 1.27 bits per heavy atom. The molecule has 2 heteroatoms. The Morgan fingerprint density at radius 2 is 2.07 bits per heavy atom. The molecule has 2 atom stereocenters. The van der Waals surface area contributed by atoms with Crippen molar-refractivity contribution < 1.29 is 0 Å². The van der Waals surface area contributed by atoms with Gasteiger partial charge in [-0.3, -0.25) is 0 Å². The number of anilines is 1. The zero-order chi connectivity index (χ0) is 10.5. The van der Waals surface area contributed by atoms with Crippen LogP contribution in [0.1, 0.15) is 18.4 Å². The SMILES string of the molecule is CC12C=CC=CC1c1ccccc1N2I. The Balaban J connectivity index is 2.23. The van der Waals surface area contributed by atoms with Gasteiger partial charge in [0.25, 0.3) is 0 Å². The van der Waals surface area contributed by atoms with Crippen molar-refractivity contribution >= 4 is 28.6 Å². The number of allylic oxidation sites excluding steroid dienone is 2. The zero-order valence-corrected chi connectivity index (χ0v) is 10.7. The first-order chi connectivity index (χ1) is 7.23. The van der Waals surface area contributed by atoms with Gasteiger partial charge in [0.05, 0.1) is 34.1 Å². The first kappa shape index (κ1) is 9.46. The van der Waals surface area contributed by atoms with Crippen molar-refractivity contribution in [2.45, 2.75) is 18.4 Å². The maximum atomic E-state index is 2.42. The van der Waals surface area contributed by atoms with E-state index in [0.29, 0.717) is 5.92 Å². The number of para-hydroxylation sites is 1. The fraction of sp³-hybridized carbons (Fsp3) is 0.231. The molecule has 0 N–H and O–H groups in total. The Morgan fingerprint density at radius 3 is 2.93 bits per heavy atom. The van der Waals surface area contributed by atoms with E-state index in [1.54, 1.807) is 0 Å². The maximum Gasteiger partial charge on any atom is 0.0759 e. The van der Waals surface area contributed by atoms with Gasteiger partial charge in [0.2, 0.25) is 0 Å². The van der Waals surface area contributed by atoms with Crippen molar-refractivity contribution in [2.75, 3.05) is 3.11 Å². The van der Waals surface area contributed by atoms with Gasteiger partial charge in [0.1, 0.15) is 0 Å². The summed E-state index contributed by atoms with van der Waals surface area (Å²) >= 11 is 2.42. The number of hydrogen-bond acceptors (Lipinski definition) is 1. The van der Waals surface area contributed by atoms with E-state index in [9.17, 15) is 0 Å². The van der Waals surface area contributed by atoms with Gasteiger partial charge in [0.15, 0.2) is 0 Å². The highest BCUT2D eigenvalue weighted by Crippen LogP contribution is 2.51. The lowest BCUT2D eigenvalue weighted by Crippen LogP contribution is -2.38. The molecule has 3 rings (SSSR count). The maximum absolute atomic E-state index is 2.42. The third kappa shape index (κ3) is 1.14. The third-order valence-corrected chi connectivity index (χ3v) is 4.94. The molecular formula is C13H12IN. The van der Waals surface area contributed by atoms with E-state index in [4.69, 9.17) is 0 Å². The number of hydrogen-bond donors (Lipinski definition) is 0. The minimum Gasteiger partial charge on any atom is -0.304 e. The monoisotopic (exact) mass is 309 g/mol. The van der Waals surface area contributed by atoms with E-state index in [2.05, 4.69) is 81.5 Å². The van der Waals surface area contributed by atoms with Crippen LogP contribution >= 0.6 is 22.9 Å². The number of nitrogens with zero attached hydrogens (tertiary/aromatic N) is 1. The van der Waals surface area contributed by atoms with Crippen LogP contribution in [0, 0.1) is 0 Å². The lowest BCUT2D eigenvalue weighted by molar-refractivity contribution is 0.572. The van der Waals surface area contributed by atoms with E-state index >= 15 is 0 Å². The smallest absolute Gasteiger partial charge is 0.0759 e. The minimum atomic E-state index is 0.110. The summed E-state index contributed by atoms with van der Waals surface area (Å²) in [5.74, 6) is 0.496. The third-order valence-electron chi connectivity index (χ3n) is 3.38. The van der Waals surface area contributed by atoms with Crippen LogP contribution < -0.4 is 3.11 Å². The standard InChI is InChI=1S/C13H12IN/c1-13-9-5-4-7-11(13)10-6-2-3-8-12(10)15(13)14/h2-9,11H,1H3. The summed E-state index contributed by atoms with van der Waals surface area (Å²) in [5, 5.41) is 0. The van der Waals surface area contributed by atoms with E-state index in [0.717, 1.165) is 0 Å². The molecule has 1 heterocycles. The van der Waals surface area contributed by atoms with Crippen molar-refractivity contribution in [3.05, 3.63) is 54.1 Å². The topological polar surface area (TPSA) is 3.24 Å². The zero-order valence-electron chi connectivity index (χ0n) is 8.52. The molecule has 2 unspecified atom stereocenters. The van der Waals surface area contributed by atoms with Gasteiger partial charge in [-0.2, -0.15) is 0 Å². The molecule has 1 aliphatic heterocycles. The molecule has 0 saturated heterocycles. The predicted octanol–water partition coefficient (Wildman–Crippen LogP) is 3.82. The van der Waals surface area contributed by atoms with Crippen LogP contribution in [0.3, 0.4) is 0 Å². The molecule has 15 heavy (non-hydrogen) atoms. The van der Waals surface area contributed by atoms with Crippen molar-refractivity contribution in [1.82, 2.24) is 0 Å². The average molecular weight is 309 g/mol. The second kappa shape index (κ2) is 3.11. The highest BCUT2D eigenvalue weighted by atomic mass is 127. The highest BCUT2D eigenvalue weighted by Gasteiger charge is 2.44. The summed E-state index contributed by atoms with van der Waals surface area (Å²) in [4.78, 5) is 0. The van der Waals surface area contributed by atoms with E-state index < -0.39 is 0 Å². The summed E-state index contributed by atoms with van der Waals surface area (Å²) in [6.45, 7) is 2.30. The van der Waals surface area contributed by atoms with E-state index in [-0.39, 0.29) is 5.54 Å². The Bertz CT molecular complexity index is 463. The molecule has 1 nitrogen and oxygen atoms in total. The predicted molar refractivity (Wildman–Crippen MR) is 72.4 cm³/mol. The Kier molecular flexibility index (Phi) is 1.96. The quantitative estimate of drug-likeness (QED) is 0.520. The van der Waals surface area contributed by atoms with Gasteiger partial charge < -0.3 is 3.11 Å². The van der Waals surface area contributed by atoms with Crippen LogP contribution in [-0.4, -0.2) is 5.54 Å². The molecule has 0 amide bonds. The first-order valence-electron chi connectivity index (χ1n) is 5.14. The van der Waals surface area contributed by atoms with Gasteiger partial charge in [-0.15, -0.1) is 0 Å². The lowest BCUT2D eigenvalue weighted by Gasteiger charge is -2.34. The number of benzene rings is 1. The molecule has 0 radical (unpaired) electrons.